The van der Waals surface area contributed by atoms with Crippen LogP contribution in [0.1, 0.15) is 11.6 Å². The summed E-state index contributed by atoms with van der Waals surface area (Å²) in [7, 11) is 1.13. The highest BCUT2D eigenvalue weighted by Crippen LogP contribution is 2.44. The third kappa shape index (κ3) is 2.47. The molecule has 0 saturated heterocycles. The Morgan fingerprint density at radius 3 is 2.22 bits per heavy atom. The molecule has 18 heavy (non-hydrogen) atoms. The number of benzene rings is 1. The first kappa shape index (κ1) is 14.5. The van der Waals surface area contributed by atoms with E-state index in [1.165, 1.54) is 0 Å². The van der Waals surface area contributed by atoms with Crippen molar-refractivity contribution in [1.82, 2.24) is 0 Å². The third-order valence-corrected chi connectivity index (χ3v) is 2.33. The smallest absolute Gasteiger partial charge is 0.455 e. The van der Waals surface area contributed by atoms with E-state index >= 15 is 0 Å². The van der Waals surface area contributed by atoms with Gasteiger partial charge in [0.25, 0.3) is 0 Å². The van der Waals surface area contributed by atoms with Gasteiger partial charge in [-0.1, -0.05) is 6.07 Å². The molecule has 8 heteroatoms. The highest BCUT2D eigenvalue weighted by molar-refractivity contribution is 5.43. The average molecular weight is 271 g/mol. The molecule has 0 heterocycles. The highest BCUT2D eigenvalue weighted by Gasteiger charge is 2.61. The van der Waals surface area contributed by atoms with Crippen LogP contribution in [0.2, 0.25) is 0 Å². The maximum Gasteiger partial charge on any atom is 0.455 e. The van der Waals surface area contributed by atoms with E-state index in [4.69, 9.17) is 5.73 Å². The summed E-state index contributed by atoms with van der Waals surface area (Å²) in [5, 5.41) is 9.20. The van der Waals surface area contributed by atoms with Crippen LogP contribution in [0.25, 0.3) is 0 Å². The molecule has 0 radical (unpaired) electrons. The number of rotatable bonds is 3. The van der Waals surface area contributed by atoms with E-state index in [0.29, 0.717) is 0 Å². The molecule has 0 aliphatic carbocycles. The molecule has 102 valence electrons. The van der Waals surface area contributed by atoms with Gasteiger partial charge >= 0.3 is 12.1 Å². The second-order valence-electron chi connectivity index (χ2n) is 3.53. The van der Waals surface area contributed by atoms with Gasteiger partial charge in [-0.15, -0.1) is 0 Å². The first-order chi connectivity index (χ1) is 8.11. The van der Waals surface area contributed by atoms with Crippen LogP contribution in [-0.2, 0) is 0 Å². The number of alkyl halides is 5. The highest BCUT2D eigenvalue weighted by atomic mass is 19.4. The van der Waals surface area contributed by atoms with Crippen LogP contribution in [-0.4, -0.2) is 24.3 Å². The summed E-state index contributed by atoms with van der Waals surface area (Å²) in [6.07, 6.45) is -5.75. The lowest BCUT2D eigenvalue weighted by atomic mass is 10.0. The molecule has 1 aromatic carbocycles. The summed E-state index contributed by atoms with van der Waals surface area (Å²) < 4.78 is 66.9. The minimum absolute atomic E-state index is 0.235. The van der Waals surface area contributed by atoms with Crippen LogP contribution < -0.4 is 10.5 Å². The van der Waals surface area contributed by atoms with Crippen molar-refractivity contribution in [3.8, 4) is 11.5 Å². The predicted octanol–water partition coefficient (Wildman–Crippen LogP) is 2.60. The zero-order valence-corrected chi connectivity index (χ0v) is 9.13. The Kier molecular flexibility index (Phi) is 3.70. The monoisotopic (exact) mass is 271 g/mol. The lowest BCUT2D eigenvalue weighted by Crippen LogP contribution is -2.45. The van der Waals surface area contributed by atoms with Gasteiger partial charge in [-0.25, -0.2) is 0 Å². The fraction of sp³-hybridized carbons (Fsp3) is 0.400. The van der Waals surface area contributed by atoms with E-state index in [9.17, 15) is 27.1 Å². The number of methoxy groups -OCH3 is 1. The number of halogens is 5. The summed E-state index contributed by atoms with van der Waals surface area (Å²) in [5.74, 6) is -5.70. The van der Waals surface area contributed by atoms with Gasteiger partial charge in [0.2, 0.25) is 0 Å². The summed E-state index contributed by atoms with van der Waals surface area (Å²) >= 11 is 0. The van der Waals surface area contributed by atoms with Crippen molar-refractivity contribution in [3.63, 3.8) is 0 Å². The molecule has 0 amide bonds. The molecule has 0 aromatic heterocycles. The average Bonchev–Trinajstić information content (AvgIpc) is 2.27. The largest absolute Gasteiger partial charge is 0.504 e. The molecule has 1 rings (SSSR count). The number of phenols is 1. The fourth-order valence-corrected chi connectivity index (χ4v) is 1.27. The lowest BCUT2D eigenvalue weighted by Gasteiger charge is -2.26. The Morgan fingerprint density at radius 1 is 1.22 bits per heavy atom. The summed E-state index contributed by atoms with van der Waals surface area (Å²) in [4.78, 5) is 0. The summed E-state index contributed by atoms with van der Waals surface area (Å²) in [6, 6.07) is 0.0643. The van der Waals surface area contributed by atoms with Gasteiger partial charge in [0.15, 0.2) is 11.5 Å². The molecule has 1 atom stereocenters. The molecule has 3 nitrogen and oxygen atoms in total. The van der Waals surface area contributed by atoms with Gasteiger partial charge in [0, 0.05) is 0 Å². The van der Waals surface area contributed by atoms with E-state index in [2.05, 4.69) is 4.74 Å². The molecular weight excluding hydrogens is 261 g/mol. The van der Waals surface area contributed by atoms with Crippen LogP contribution in [0.15, 0.2) is 18.2 Å². The van der Waals surface area contributed by atoms with Gasteiger partial charge in [-0.2, -0.15) is 22.0 Å². The Hall–Kier alpha value is -1.57. The number of ether oxygens (including phenoxy) is 1. The van der Waals surface area contributed by atoms with E-state index < -0.39 is 23.7 Å². The molecule has 0 bridgehead atoms. The summed E-state index contributed by atoms with van der Waals surface area (Å²) in [6.45, 7) is 0. The molecule has 0 spiro atoms. The minimum atomic E-state index is -5.75. The Balaban J connectivity index is 3.15. The zero-order chi connectivity index (χ0) is 14.1. The van der Waals surface area contributed by atoms with Crippen molar-refractivity contribution < 1.29 is 31.8 Å². The second-order valence-corrected chi connectivity index (χ2v) is 3.53. The molecule has 0 aliphatic rings. The van der Waals surface area contributed by atoms with Crippen LogP contribution in [0.5, 0.6) is 11.5 Å². The Morgan fingerprint density at radius 2 is 1.78 bits per heavy atom. The normalized spacial score (nSPS) is 14.4. The van der Waals surface area contributed by atoms with Crippen molar-refractivity contribution in [2.24, 2.45) is 5.73 Å². The zero-order valence-electron chi connectivity index (χ0n) is 9.13. The molecular formula is C10H10F5NO2. The first-order valence-electron chi connectivity index (χ1n) is 4.68. The quantitative estimate of drug-likeness (QED) is 0.831. The van der Waals surface area contributed by atoms with E-state index in [0.717, 1.165) is 25.3 Å². The van der Waals surface area contributed by atoms with E-state index in [1.807, 2.05) is 0 Å². The predicted molar refractivity (Wildman–Crippen MR) is 52.6 cm³/mol. The molecule has 1 aromatic rings. The Labute approximate surface area is 99.0 Å². The number of nitrogens with two attached hydrogens (primary N) is 1. The molecule has 3 N–H and O–H groups in total. The van der Waals surface area contributed by atoms with E-state index in [1.54, 1.807) is 0 Å². The number of phenolic OH excluding ortho intramolecular Hbond substituents is 1. The van der Waals surface area contributed by atoms with Crippen molar-refractivity contribution >= 4 is 0 Å². The second kappa shape index (κ2) is 4.60. The van der Waals surface area contributed by atoms with Crippen molar-refractivity contribution in [1.29, 1.82) is 0 Å². The van der Waals surface area contributed by atoms with Crippen molar-refractivity contribution in [2.75, 3.05) is 7.11 Å². The molecule has 0 unspecified atom stereocenters. The summed E-state index contributed by atoms with van der Waals surface area (Å²) in [5.41, 5.74) is 4.43. The standard InChI is InChI=1S/C10H10F5NO2/c1-18-7-4-5(2-3-6(7)17)8(16)9(11,12)10(13,14)15/h2-4,8,17H,16H2,1H3/t8-/m1/s1. The number of hydrogen-bond acceptors (Lipinski definition) is 3. The van der Waals surface area contributed by atoms with Gasteiger partial charge < -0.3 is 15.6 Å². The molecule has 0 aliphatic heterocycles. The van der Waals surface area contributed by atoms with Crippen LogP contribution in [0.3, 0.4) is 0 Å². The van der Waals surface area contributed by atoms with Crippen LogP contribution >= 0.6 is 0 Å². The SMILES string of the molecule is COc1cc([C@@H](N)C(F)(F)C(F)(F)F)ccc1O. The van der Waals surface area contributed by atoms with Gasteiger partial charge in [-0.3, -0.25) is 0 Å². The van der Waals surface area contributed by atoms with Gasteiger partial charge in [0.1, 0.15) is 6.04 Å². The lowest BCUT2D eigenvalue weighted by molar-refractivity contribution is -0.291. The first-order valence-corrected chi connectivity index (χ1v) is 4.68. The van der Waals surface area contributed by atoms with Crippen molar-refractivity contribution in [2.45, 2.75) is 18.1 Å². The third-order valence-electron chi connectivity index (χ3n) is 2.33. The minimum Gasteiger partial charge on any atom is -0.504 e. The maximum atomic E-state index is 13.0. The van der Waals surface area contributed by atoms with Gasteiger partial charge in [0.05, 0.1) is 7.11 Å². The van der Waals surface area contributed by atoms with Crippen molar-refractivity contribution in [3.05, 3.63) is 23.8 Å². The topological polar surface area (TPSA) is 55.5 Å². The molecule has 0 fully saturated rings. The fourth-order valence-electron chi connectivity index (χ4n) is 1.27. The van der Waals surface area contributed by atoms with E-state index in [-0.39, 0.29) is 11.5 Å². The van der Waals surface area contributed by atoms with Gasteiger partial charge in [-0.05, 0) is 17.7 Å². The Bertz CT molecular complexity index is 433. The van der Waals surface area contributed by atoms with Crippen LogP contribution in [0.4, 0.5) is 22.0 Å². The number of hydrogen-bond donors (Lipinski definition) is 2. The number of aromatic hydroxyl groups is 1. The molecule has 0 saturated carbocycles. The maximum absolute atomic E-state index is 13.0. The van der Waals surface area contributed by atoms with Crippen LogP contribution in [0, 0.1) is 0 Å².